The van der Waals surface area contributed by atoms with Gasteiger partial charge in [-0.05, 0) is 114 Å². The monoisotopic (exact) mass is 702 g/mol. The lowest BCUT2D eigenvalue weighted by molar-refractivity contribution is 0.908. The maximum Gasteiger partial charge on any atom is 0.114 e. The maximum absolute atomic E-state index is 4.96. The van der Waals surface area contributed by atoms with E-state index in [0.717, 1.165) is 29.0 Å². The summed E-state index contributed by atoms with van der Waals surface area (Å²) in [5, 5.41) is 4.97. The van der Waals surface area contributed by atoms with Crippen molar-refractivity contribution in [3.63, 3.8) is 0 Å². The molecule has 1 aromatic heterocycles. The average Bonchev–Trinajstić information content (AvgIpc) is 3.65. The minimum absolute atomic E-state index is 0.854. The fourth-order valence-corrected chi connectivity index (χ4v) is 8.35. The molecule has 0 saturated heterocycles. The molecule has 0 aliphatic carbocycles. The lowest BCUT2D eigenvalue weighted by Crippen LogP contribution is -2.00. The molecule has 2 nitrogen and oxygen atoms in total. The van der Waals surface area contributed by atoms with Crippen LogP contribution in [0.3, 0.4) is 0 Å². The predicted octanol–water partition coefficient (Wildman–Crippen LogP) is 14.2. The molecule has 0 fully saturated rings. The van der Waals surface area contributed by atoms with Crippen LogP contribution in [0.2, 0.25) is 0 Å². The number of fused-ring (bicyclic) bond motifs is 3. The zero-order valence-electron chi connectivity index (χ0n) is 30.7. The summed E-state index contributed by atoms with van der Waals surface area (Å²) >= 11 is 0. The standard InChI is InChI=1S/C53H38N2/c1-2-51-54-49-25-11-12-26-50(49)55(51)44-22-14-20-41(34-44)40-19-13-21-43(33-40)53-46-24-10-9-23-45(46)52(39-29-27-38(28-30-39)36-15-5-3-6-16-36)47-32-31-42(35-48(47)53)37-17-7-4-8-18-37/h3-35H,2H2,1H3. The average molecular weight is 703 g/mol. The molecule has 9 aromatic carbocycles. The number of benzene rings is 9. The van der Waals surface area contributed by atoms with Crippen LogP contribution in [0.15, 0.2) is 200 Å². The Morgan fingerprint density at radius 1 is 0.364 bits per heavy atom. The van der Waals surface area contributed by atoms with Gasteiger partial charge in [-0.25, -0.2) is 4.98 Å². The molecule has 0 atom stereocenters. The van der Waals surface area contributed by atoms with Crippen LogP contribution in [0.4, 0.5) is 0 Å². The third kappa shape index (κ3) is 5.80. The summed E-state index contributed by atoms with van der Waals surface area (Å²) in [4.78, 5) is 4.96. The molecule has 0 aliphatic rings. The van der Waals surface area contributed by atoms with E-state index in [4.69, 9.17) is 4.98 Å². The van der Waals surface area contributed by atoms with Gasteiger partial charge in [0.25, 0.3) is 0 Å². The highest BCUT2D eigenvalue weighted by Crippen LogP contribution is 2.45. The van der Waals surface area contributed by atoms with Gasteiger partial charge < -0.3 is 0 Å². The number of hydrogen-bond donors (Lipinski definition) is 0. The number of aromatic nitrogens is 2. The first-order valence-electron chi connectivity index (χ1n) is 19.1. The molecule has 0 radical (unpaired) electrons. The molecule has 1 heterocycles. The molecule has 10 rings (SSSR count). The van der Waals surface area contributed by atoms with Crippen molar-refractivity contribution in [3.8, 4) is 61.3 Å². The van der Waals surface area contributed by atoms with Gasteiger partial charge in [0.15, 0.2) is 0 Å². The Bertz CT molecular complexity index is 2990. The number of para-hydroxylation sites is 2. The number of aryl methyl sites for hydroxylation is 1. The molecule has 2 heteroatoms. The van der Waals surface area contributed by atoms with Crippen LogP contribution in [0, 0.1) is 0 Å². The molecule has 0 spiro atoms. The molecule has 0 N–H and O–H groups in total. The Hall–Kier alpha value is -7.03. The van der Waals surface area contributed by atoms with Crippen LogP contribution in [-0.4, -0.2) is 9.55 Å². The highest BCUT2D eigenvalue weighted by molar-refractivity contribution is 6.22. The topological polar surface area (TPSA) is 17.8 Å². The second kappa shape index (κ2) is 13.7. The lowest BCUT2D eigenvalue weighted by Gasteiger charge is -2.19. The van der Waals surface area contributed by atoms with Gasteiger partial charge in [0.2, 0.25) is 0 Å². The van der Waals surface area contributed by atoms with E-state index in [0.29, 0.717) is 0 Å². The second-order valence-electron chi connectivity index (χ2n) is 14.2. The van der Waals surface area contributed by atoms with Crippen molar-refractivity contribution >= 4 is 32.6 Å². The van der Waals surface area contributed by atoms with Gasteiger partial charge in [0, 0.05) is 12.1 Å². The zero-order valence-corrected chi connectivity index (χ0v) is 30.7. The Labute approximate surface area is 321 Å². The molecule has 260 valence electrons. The summed E-state index contributed by atoms with van der Waals surface area (Å²) < 4.78 is 2.31. The summed E-state index contributed by atoms with van der Waals surface area (Å²) in [6, 6.07) is 72.8. The number of imidazole rings is 1. The molecular weight excluding hydrogens is 665 g/mol. The first kappa shape index (κ1) is 32.6. The fourth-order valence-electron chi connectivity index (χ4n) is 8.35. The summed E-state index contributed by atoms with van der Waals surface area (Å²) in [6.45, 7) is 2.17. The van der Waals surface area contributed by atoms with E-state index in [-0.39, 0.29) is 0 Å². The third-order valence-corrected chi connectivity index (χ3v) is 10.9. The molecular formula is C53H38N2. The van der Waals surface area contributed by atoms with Crippen LogP contribution >= 0.6 is 0 Å². The Balaban J connectivity index is 1.17. The van der Waals surface area contributed by atoms with Gasteiger partial charge in [-0.2, -0.15) is 0 Å². The van der Waals surface area contributed by atoms with Gasteiger partial charge in [-0.3, -0.25) is 4.57 Å². The van der Waals surface area contributed by atoms with E-state index < -0.39 is 0 Å². The van der Waals surface area contributed by atoms with E-state index in [1.54, 1.807) is 0 Å². The largest absolute Gasteiger partial charge is 0.296 e. The summed E-state index contributed by atoms with van der Waals surface area (Å²) in [7, 11) is 0. The van der Waals surface area contributed by atoms with Crippen molar-refractivity contribution in [3.05, 3.63) is 206 Å². The highest BCUT2D eigenvalue weighted by Gasteiger charge is 2.19. The Kier molecular flexibility index (Phi) is 8.15. The van der Waals surface area contributed by atoms with Crippen molar-refractivity contribution in [2.75, 3.05) is 0 Å². The molecule has 0 amide bonds. The molecule has 10 aromatic rings. The van der Waals surface area contributed by atoms with E-state index in [9.17, 15) is 0 Å². The van der Waals surface area contributed by atoms with Crippen LogP contribution in [0.1, 0.15) is 12.7 Å². The van der Waals surface area contributed by atoms with Crippen LogP contribution in [-0.2, 0) is 6.42 Å². The number of hydrogen-bond acceptors (Lipinski definition) is 1. The van der Waals surface area contributed by atoms with Crippen molar-refractivity contribution in [2.45, 2.75) is 13.3 Å². The third-order valence-electron chi connectivity index (χ3n) is 10.9. The second-order valence-corrected chi connectivity index (χ2v) is 14.2. The Morgan fingerprint density at radius 3 is 1.58 bits per heavy atom. The molecule has 55 heavy (non-hydrogen) atoms. The molecule has 0 saturated carbocycles. The highest BCUT2D eigenvalue weighted by atomic mass is 15.1. The Morgan fingerprint density at radius 2 is 0.855 bits per heavy atom. The normalized spacial score (nSPS) is 11.4. The van der Waals surface area contributed by atoms with E-state index in [1.165, 1.54) is 77.2 Å². The summed E-state index contributed by atoms with van der Waals surface area (Å²) in [5.41, 5.74) is 15.4. The first-order valence-corrected chi connectivity index (χ1v) is 19.1. The smallest absolute Gasteiger partial charge is 0.114 e. The van der Waals surface area contributed by atoms with Crippen LogP contribution < -0.4 is 0 Å². The van der Waals surface area contributed by atoms with Gasteiger partial charge >= 0.3 is 0 Å². The van der Waals surface area contributed by atoms with Crippen molar-refractivity contribution in [1.29, 1.82) is 0 Å². The fraction of sp³-hybridized carbons (Fsp3) is 0.0377. The predicted molar refractivity (Wildman–Crippen MR) is 233 cm³/mol. The zero-order chi connectivity index (χ0) is 36.7. The number of rotatable bonds is 7. The maximum atomic E-state index is 4.96. The number of nitrogens with zero attached hydrogens (tertiary/aromatic N) is 2. The van der Waals surface area contributed by atoms with Crippen molar-refractivity contribution in [2.24, 2.45) is 0 Å². The molecule has 0 bridgehead atoms. The van der Waals surface area contributed by atoms with Crippen LogP contribution in [0.5, 0.6) is 0 Å². The lowest BCUT2D eigenvalue weighted by atomic mass is 9.84. The van der Waals surface area contributed by atoms with Crippen molar-refractivity contribution < 1.29 is 0 Å². The molecule has 0 aliphatic heterocycles. The van der Waals surface area contributed by atoms with E-state index >= 15 is 0 Å². The minimum atomic E-state index is 0.854. The van der Waals surface area contributed by atoms with Crippen LogP contribution in [0.25, 0.3) is 93.9 Å². The van der Waals surface area contributed by atoms with Gasteiger partial charge in [-0.1, -0.05) is 171 Å². The molecule has 0 unspecified atom stereocenters. The quantitative estimate of drug-likeness (QED) is 0.151. The van der Waals surface area contributed by atoms with Gasteiger partial charge in [0.05, 0.1) is 11.0 Å². The SMILES string of the molecule is CCc1nc2ccccc2n1-c1cccc(-c2cccc(-c3c4ccccc4c(-c4ccc(-c5ccccc5)cc4)c4ccc(-c5ccccc5)cc34)c2)c1. The summed E-state index contributed by atoms with van der Waals surface area (Å²) in [6.07, 6.45) is 0.854. The van der Waals surface area contributed by atoms with E-state index in [1.807, 2.05) is 0 Å². The van der Waals surface area contributed by atoms with E-state index in [2.05, 4.69) is 212 Å². The van der Waals surface area contributed by atoms with Crippen molar-refractivity contribution in [1.82, 2.24) is 9.55 Å². The van der Waals surface area contributed by atoms with Gasteiger partial charge in [0.1, 0.15) is 5.82 Å². The first-order chi connectivity index (χ1) is 27.2. The van der Waals surface area contributed by atoms with Gasteiger partial charge in [-0.15, -0.1) is 0 Å². The summed E-state index contributed by atoms with van der Waals surface area (Å²) in [5.74, 6) is 1.06. The minimum Gasteiger partial charge on any atom is -0.296 e.